The quantitative estimate of drug-likeness (QED) is 0.341. The molecule has 7 heteroatoms. The Balaban J connectivity index is 2.82. The van der Waals surface area contributed by atoms with Crippen molar-refractivity contribution in [2.75, 3.05) is 13.3 Å². The Bertz CT molecular complexity index is 565. The van der Waals surface area contributed by atoms with Crippen LogP contribution in [0.4, 0.5) is 5.69 Å². The number of nitrogens with zero attached hydrogens (tertiary/aromatic N) is 1. The van der Waals surface area contributed by atoms with E-state index in [2.05, 4.69) is 68.8 Å². The molecule has 0 saturated heterocycles. The van der Waals surface area contributed by atoms with Crippen molar-refractivity contribution in [3.05, 3.63) is 23.3 Å². The summed E-state index contributed by atoms with van der Waals surface area (Å²) in [5.74, 6) is 0. The van der Waals surface area contributed by atoms with Gasteiger partial charge in [0, 0.05) is 0 Å². The minimum atomic E-state index is -3.59. The summed E-state index contributed by atoms with van der Waals surface area (Å²) in [4.78, 5) is 0. The van der Waals surface area contributed by atoms with E-state index in [-0.39, 0.29) is 0 Å². The fourth-order valence-corrected chi connectivity index (χ4v) is 17.0. The molecule has 0 saturated carbocycles. The van der Waals surface area contributed by atoms with Gasteiger partial charge in [0.1, 0.15) is 0 Å². The second-order valence-corrected chi connectivity index (χ2v) is 52.9. The minimum absolute atomic E-state index is 0.898. The maximum absolute atomic E-state index is 6.19. The van der Waals surface area contributed by atoms with Crippen molar-refractivity contribution in [3.63, 3.8) is 0 Å². The van der Waals surface area contributed by atoms with E-state index >= 15 is 0 Å². The molecular weight excluding hydrogens is 562 g/mol. The Morgan fingerprint density at radius 1 is 1.17 bits per heavy atom. The first-order valence-electron chi connectivity index (χ1n) is 5.20. The van der Waals surface area contributed by atoms with Gasteiger partial charge in [-0.05, 0) is 0 Å². The van der Waals surface area contributed by atoms with Crippen molar-refractivity contribution < 1.29 is 7.68 Å². The summed E-state index contributed by atoms with van der Waals surface area (Å²) >= 11 is 13.0. The molecule has 1 aliphatic heterocycles. The van der Waals surface area contributed by atoms with Gasteiger partial charge in [-0.3, -0.25) is 0 Å². The Labute approximate surface area is 131 Å². The second kappa shape index (κ2) is 4.92. The summed E-state index contributed by atoms with van der Waals surface area (Å²) < 4.78 is 9.49. The fraction of sp³-hybridized carbons (Fsp3) is 0.364. The molecule has 0 aliphatic carbocycles. The summed E-state index contributed by atoms with van der Waals surface area (Å²) in [6, 6.07) is 4.42. The molecule has 2 nitrogen and oxygen atoms in total. The van der Waals surface area contributed by atoms with Gasteiger partial charge in [0.05, 0.1) is 0 Å². The molecule has 0 atom stereocenters. The van der Waals surface area contributed by atoms with Crippen LogP contribution in [0.3, 0.4) is 0 Å². The summed E-state index contributed by atoms with van der Waals surface area (Å²) in [5.41, 5.74) is 3.75. The molecule has 18 heavy (non-hydrogen) atoms. The van der Waals surface area contributed by atoms with Crippen LogP contribution in [0.1, 0.15) is 11.1 Å². The third kappa shape index (κ3) is 2.68. The predicted molar refractivity (Wildman–Crippen MR) is 93.5 cm³/mol. The van der Waals surface area contributed by atoms with Crippen LogP contribution in [0.25, 0.3) is 0 Å². The standard InChI is InChI=1S/C11H14Br3NOSTe/c1-7-5-9-10(6-8(7)2)18(12,13,14)16-11(17-4)15(9)3/h5-6H,1-4H3/q+1. The van der Waals surface area contributed by atoms with Gasteiger partial charge in [0.15, 0.2) is 0 Å². The van der Waals surface area contributed by atoms with E-state index in [1.54, 1.807) is 11.8 Å². The van der Waals surface area contributed by atoms with Crippen molar-refractivity contribution >= 4 is 75.2 Å². The number of rotatable bonds is 0. The Hall–Kier alpha value is 1.27. The molecule has 1 radical (unpaired) electrons. The van der Waals surface area contributed by atoms with Crippen LogP contribution in [0.15, 0.2) is 12.1 Å². The first kappa shape index (κ1) is 15.7. The Morgan fingerprint density at radius 2 is 1.72 bits per heavy atom. The van der Waals surface area contributed by atoms with Gasteiger partial charge in [0.2, 0.25) is 0 Å². The number of hydrogen-bond donors (Lipinski definition) is 0. The predicted octanol–water partition coefficient (Wildman–Crippen LogP) is 4.11. The van der Waals surface area contributed by atoms with Crippen LogP contribution in [0.2, 0.25) is 0 Å². The zero-order valence-electron chi connectivity index (χ0n) is 10.5. The number of aryl methyl sites for hydroxylation is 2. The van der Waals surface area contributed by atoms with Crippen LogP contribution in [-0.4, -0.2) is 33.7 Å². The Morgan fingerprint density at radius 3 is 2.28 bits per heavy atom. The zero-order valence-corrected chi connectivity index (χ0v) is 18.4. The average molecular weight is 576 g/mol. The molecule has 0 unspecified atom stereocenters. The maximum atomic E-state index is 6.19. The second-order valence-electron chi connectivity index (χ2n) is 4.20. The molecule has 1 aromatic rings. The molecule has 0 fully saturated rings. The number of hydrogen-bond acceptors (Lipinski definition) is 2. The van der Waals surface area contributed by atoms with E-state index in [1.165, 1.54) is 20.4 Å². The number of fused-ring (bicyclic) bond motifs is 1. The molecule has 0 aromatic heterocycles. The van der Waals surface area contributed by atoms with Crippen molar-refractivity contribution in [3.8, 4) is 0 Å². The average Bonchev–Trinajstić information content (AvgIpc) is 2.26. The fourth-order valence-electron chi connectivity index (χ4n) is 1.78. The first-order valence-corrected chi connectivity index (χ1v) is 24.2. The van der Waals surface area contributed by atoms with Crippen LogP contribution in [0, 0.1) is 13.8 Å². The van der Waals surface area contributed by atoms with Crippen LogP contribution in [0.5, 0.6) is 0 Å². The molecular formula is C11H14Br3NOSTe+. The van der Waals surface area contributed by atoms with Gasteiger partial charge < -0.3 is 0 Å². The molecule has 2 rings (SSSR count). The third-order valence-corrected chi connectivity index (χ3v) is 17.7. The molecule has 0 spiro atoms. The zero-order chi connectivity index (χ0) is 13.7. The van der Waals surface area contributed by atoms with Crippen molar-refractivity contribution in [2.45, 2.75) is 13.8 Å². The van der Waals surface area contributed by atoms with E-state index in [0.29, 0.717) is 0 Å². The van der Waals surface area contributed by atoms with Crippen molar-refractivity contribution in [2.24, 2.45) is 0 Å². The summed E-state index contributed by atoms with van der Waals surface area (Å²) in [7, 11) is -1.56. The van der Waals surface area contributed by atoms with Gasteiger partial charge in [0.25, 0.3) is 0 Å². The number of thioether (sulfide) groups is 1. The summed E-state index contributed by atoms with van der Waals surface area (Å²) in [6.07, 6.45) is 2.02. The SMILES string of the molecule is CSC1=[N+](C)c2cc(C)c(C)cc2[Te](Br)(Br)(Br)O1. The molecule has 1 aromatic carbocycles. The molecule has 1 heterocycles. The van der Waals surface area contributed by atoms with Gasteiger partial charge in [-0.1, -0.05) is 0 Å². The molecule has 1 aliphatic rings. The van der Waals surface area contributed by atoms with Crippen LogP contribution >= 0.6 is 50.0 Å². The summed E-state index contributed by atoms with van der Waals surface area (Å²) in [6.45, 7) is 4.26. The van der Waals surface area contributed by atoms with Crippen molar-refractivity contribution in [1.82, 2.24) is 0 Å². The van der Waals surface area contributed by atoms with E-state index < -0.39 is 10.6 Å². The van der Waals surface area contributed by atoms with Gasteiger partial charge in [-0.25, -0.2) is 0 Å². The molecule has 0 N–H and O–H groups in total. The van der Waals surface area contributed by atoms with Crippen molar-refractivity contribution in [1.29, 1.82) is 0 Å². The van der Waals surface area contributed by atoms with E-state index in [4.69, 9.17) is 3.10 Å². The molecule has 0 bridgehead atoms. The van der Waals surface area contributed by atoms with Crippen LogP contribution < -0.4 is 3.61 Å². The Kier molecular flexibility index (Phi) is 4.28. The van der Waals surface area contributed by atoms with Gasteiger partial charge in [-0.15, -0.1) is 0 Å². The number of halogens is 3. The van der Waals surface area contributed by atoms with Gasteiger partial charge in [-0.2, -0.15) is 0 Å². The topological polar surface area (TPSA) is 12.2 Å². The van der Waals surface area contributed by atoms with E-state index in [1.807, 2.05) is 13.3 Å². The third-order valence-electron chi connectivity index (χ3n) is 2.93. The molecule has 0 amide bonds. The summed E-state index contributed by atoms with van der Waals surface area (Å²) in [5, 5.41) is 0.898. The van der Waals surface area contributed by atoms with E-state index in [0.717, 1.165) is 5.23 Å². The monoisotopic (exact) mass is 575 g/mol. The van der Waals surface area contributed by atoms with E-state index in [9.17, 15) is 0 Å². The molecule has 101 valence electrons. The normalized spacial score (nSPS) is 22.7. The number of benzene rings is 1. The first-order chi connectivity index (χ1) is 8.14. The van der Waals surface area contributed by atoms with Gasteiger partial charge >= 0.3 is 133 Å². The van der Waals surface area contributed by atoms with Crippen LogP contribution in [-0.2, 0) is 3.10 Å².